The van der Waals surface area contributed by atoms with E-state index in [0.29, 0.717) is 23.6 Å². The summed E-state index contributed by atoms with van der Waals surface area (Å²) < 4.78 is 0. The van der Waals surface area contributed by atoms with E-state index in [9.17, 15) is 9.59 Å². The van der Waals surface area contributed by atoms with Crippen molar-refractivity contribution in [1.82, 2.24) is 20.0 Å². The molecule has 0 aromatic heterocycles. The highest BCUT2D eigenvalue weighted by Gasteiger charge is 2.43. The molecule has 0 atom stereocenters. The van der Waals surface area contributed by atoms with Gasteiger partial charge >= 0.3 is 0 Å². The van der Waals surface area contributed by atoms with Gasteiger partial charge in [0.25, 0.3) is 0 Å². The van der Waals surface area contributed by atoms with Gasteiger partial charge in [0, 0.05) is 51.9 Å². The van der Waals surface area contributed by atoms with Crippen LogP contribution in [0.4, 0.5) is 0 Å². The Morgan fingerprint density at radius 1 is 0.960 bits per heavy atom. The molecule has 3 saturated heterocycles. The molecule has 0 amide bonds. The van der Waals surface area contributed by atoms with Crippen LogP contribution in [0.1, 0.15) is 6.42 Å². The number of hydrogen-bond donors (Lipinski definition) is 3. The lowest BCUT2D eigenvalue weighted by atomic mass is 10.0. The van der Waals surface area contributed by atoms with Gasteiger partial charge in [-0.1, -0.05) is 0 Å². The first-order valence-electron chi connectivity index (χ1n) is 8.99. The Hall–Kier alpha value is -1.90. The van der Waals surface area contributed by atoms with Gasteiger partial charge in [-0.25, -0.2) is 0 Å². The van der Waals surface area contributed by atoms with E-state index in [1.165, 1.54) is 6.08 Å². The van der Waals surface area contributed by atoms with E-state index >= 15 is 0 Å². The molecule has 4 rings (SSSR count). The van der Waals surface area contributed by atoms with Crippen LogP contribution >= 0.6 is 0 Å². The third-order valence-electron chi connectivity index (χ3n) is 4.33. The number of nitrogens with two attached hydrogens (primary N) is 1. The predicted octanol–water partition coefficient (Wildman–Crippen LogP) is -1.90. The van der Waals surface area contributed by atoms with Crippen molar-refractivity contribution in [3.05, 3.63) is 23.2 Å². The summed E-state index contributed by atoms with van der Waals surface area (Å²) in [6.07, 6.45) is 2.51. The molecule has 4 aliphatic rings. The number of carbonyl (C=O) groups is 2. The molecule has 3 aliphatic heterocycles. The molecule has 25 heavy (non-hydrogen) atoms. The Bertz CT molecular complexity index is 583. The largest absolute Gasteiger partial charge is 0.395 e. The van der Waals surface area contributed by atoms with Crippen LogP contribution in [0.2, 0.25) is 0 Å². The van der Waals surface area contributed by atoms with Gasteiger partial charge in [-0.15, -0.1) is 0 Å². The molecule has 0 aromatic carbocycles. The molecule has 0 aromatic rings. The van der Waals surface area contributed by atoms with Crippen LogP contribution in [0.15, 0.2) is 23.2 Å². The quantitative estimate of drug-likeness (QED) is 0.265. The number of Topliss-reactive ketones (excluding diaryl/α,β-unsaturated/α-hetero) is 1. The number of aliphatic hydroxyl groups excluding tert-OH is 1. The Morgan fingerprint density at radius 3 is 2.08 bits per heavy atom. The maximum absolute atomic E-state index is 12.4. The van der Waals surface area contributed by atoms with Gasteiger partial charge in [0.1, 0.15) is 11.4 Å². The summed E-state index contributed by atoms with van der Waals surface area (Å²) in [6, 6.07) is 0. The maximum Gasteiger partial charge on any atom is 0.227 e. The topological polar surface area (TPSA) is 101 Å². The van der Waals surface area contributed by atoms with E-state index in [0.717, 1.165) is 58.8 Å². The average molecular weight is 349 g/mol. The average Bonchev–Trinajstić information content (AvgIpc) is 3.47. The molecule has 138 valence electrons. The minimum Gasteiger partial charge on any atom is -0.395 e. The van der Waals surface area contributed by atoms with E-state index in [-0.39, 0.29) is 18.2 Å². The van der Waals surface area contributed by atoms with Crippen molar-refractivity contribution in [3.8, 4) is 0 Å². The van der Waals surface area contributed by atoms with Gasteiger partial charge in [-0.05, 0) is 19.5 Å². The molecule has 3 fully saturated rings. The van der Waals surface area contributed by atoms with Crippen LogP contribution in [0.3, 0.4) is 0 Å². The SMILES string of the molecule is NCCCNCCO.O=C1C=C(N2CC2)C(=O)C(N2CC2)=C1N1CC1. The summed E-state index contributed by atoms with van der Waals surface area (Å²) in [5.41, 5.74) is 7.09. The lowest BCUT2D eigenvalue weighted by molar-refractivity contribution is -0.117. The van der Waals surface area contributed by atoms with Gasteiger partial charge in [0.2, 0.25) is 11.6 Å². The summed E-state index contributed by atoms with van der Waals surface area (Å²) in [6.45, 7) is 7.93. The fraction of sp³-hybridized carbons (Fsp3) is 0.647. The van der Waals surface area contributed by atoms with Crippen LogP contribution in [0.25, 0.3) is 0 Å². The van der Waals surface area contributed by atoms with Crippen molar-refractivity contribution >= 4 is 11.6 Å². The number of rotatable bonds is 8. The number of aliphatic hydroxyl groups is 1. The van der Waals surface area contributed by atoms with Crippen molar-refractivity contribution in [1.29, 1.82) is 0 Å². The minimum absolute atomic E-state index is 0.00546. The number of nitrogens with one attached hydrogen (secondary N) is 1. The highest BCUT2D eigenvalue weighted by Crippen LogP contribution is 2.33. The smallest absolute Gasteiger partial charge is 0.227 e. The molecular weight excluding hydrogens is 322 g/mol. The number of allylic oxidation sites excluding steroid dienone is 1. The maximum atomic E-state index is 12.4. The summed E-state index contributed by atoms with van der Waals surface area (Å²) in [4.78, 5) is 30.5. The molecule has 4 N–H and O–H groups in total. The molecule has 3 heterocycles. The Balaban J connectivity index is 0.000000197. The third kappa shape index (κ3) is 4.59. The van der Waals surface area contributed by atoms with Crippen molar-refractivity contribution < 1.29 is 14.7 Å². The zero-order valence-electron chi connectivity index (χ0n) is 14.5. The standard InChI is InChI=1S/C12H13N3O2.C5H14N2O/c16-9-7-8(13-1-2-13)12(17)11(15-5-6-15)10(9)14-3-4-14;6-2-1-3-7-4-5-8/h7H,1-6H2;7-8H,1-6H2. The van der Waals surface area contributed by atoms with Crippen LogP contribution in [-0.4, -0.2) is 96.9 Å². The monoisotopic (exact) mass is 349 g/mol. The van der Waals surface area contributed by atoms with Crippen LogP contribution in [-0.2, 0) is 9.59 Å². The molecule has 1 aliphatic carbocycles. The van der Waals surface area contributed by atoms with Crippen LogP contribution in [0.5, 0.6) is 0 Å². The molecule has 8 heteroatoms. The van der Waals surface area contributed by atoms with Gasteiger partial charge < -0.3 is 30.9 Å². The zero-order valence-corrected chi connectivity index (χ0v) is 14.5. The Labute approximate surface area is 147 Å². The first-order valence-corrected chi connectivity index (χ1v) is 8.99. The number of hydrogen-bond acceptors (Lipinski definition) is 8. The number of nitrogens with zero attached hydrogens (tertiary/aromatic N) is 3. The highest BCUT2D eigenvalue weighted by molar-refractivity contribution is 6.22. The second-order valence-electron chi connectivity index (χ2n) is 6.50. The van der Waals surface area contributed by atoms with Gasteiger partial charge in [-0.2, -0.15) is 0 Å². The molecule has 0 spiro atoms. The van der Waals surface area contributed by atoms with Gasteiger partial charge in [-0.3, -0.25) is 9.59 Å². The Kier molecular flexibility index (Phi) is 5.72. The molecule has 0 unspecified atom stereocenters. The van der Waals surface area contributed by atoms with Crippen LogP contribution < -0.4 is 11.1 Å². The summed E-state index contributed by atoms with van der Waals surface area (Å²) in [5.74, 6) is 0.0485. The van der Waals surface area contributed by atoms with Crippen molar-refractivity contribution in [2.45, 2.75) is 6.42 Å². The fourth-order valence-corrected chi connectivity index (χ4v) is 2.71. The predicted molar refractivity (Wildman–Crippen MR) is 93.5 cm³/mol. The summed E-state index contributed by atoms with van der Waals surface area (Å²) in [7, 11) is 0. The number of ketones is 2. The van der Waals surface area contributed by atoms with Crippen molar-refractivity contribution in [2.75, 3.05) is 65.5 Å². The lowest BCUT2D eigenvalue weighted by Gasteiger charge is -2.21. The molecular formula is C17H27N5O3. The Morgan fingerprint density at radius 2 is 1.56 bits per heavy atom. The highest BCUT2D eigenvalue weighted by atomic mass is 16.3. The fourth-order valence-electron chi connectivity index (χ4n) is 2.71. The van der Waals surface area contributed by atoms with E-state index < -0.39 is 0 Å². The minimum atomic E-state index is 0.00546. The number of carbonyl (C=O) groups excluding carboxylic acids is 2. The molecule has 0 radical (unpaired) electrons. The van der Waals surface area contributed by atoms with Crippen molar-refractivity contribution in [2.24, 2.45) is 5.73 Å². The normalized spacial score (nSPS) is 21.2. The first kappa shape index (κ1) is 17.9. The molecule has 8 nitrogen and oxygen atoms in total. The van der Waals surface area contributed by atoms with Gasteiger partial charge in [0.05, 0.1) is 12.3 Å². The summed E-state index contributed by atoms with van der Waals surface area (Å²) in [5, 5.41) is 11.3. The first-order chi connectivity index (χ1) is 12.2. The van der Waals surface area contributed by atoms with Gasteiger partial charge in [0.15, 0.2) is 0 Å². The lowest BCUT2D eigenvalue weighted by Crippen LogP contribution is -2.29. The van der Waals surface area contributed by atoms with E-state index in [1.807, 2.05) is 14.7 Å². The van der Waals surface area contributed by atoms with E-state index in [2.05, 4.69) is 5.32 Å². The van der Waals surface area contributed by atoms with E-state index in [4.69, 9.17) is 10.8 Å². The summed E-state index contributed by atoms with van der Waals surface area (Å²) >= 11 is 0. The second kappa shape index (κ2) is 7.99. The second-order valence-corrected chi connectivity index (χ2v) is 6.50. The van der Waals surface area contributed by atoms with E-state index in [1.54, 1.807) is 0 Å². The molecule has 0 saturated carbocycles. The third-order valence-corrected chi connectivity index (χ3v) is 4.33. The zero-order chi connectivity index (χ0) is 17.8. The van der Waals surface area contributed by atoms with Crippen molar-refractivity contribution in [3.63, 3.8) is 0 Å². The molecule has 0 bridgehead atoms. The van der Waals surface area contributed by atoms with Crippen LogP contribution in [0, 0.1) is 0 Å².